The predicted octanol–water partition coefficient (Wildman–Crippen LogP) is 2.87. The maximum atomic E-state index is 8.96. The summed E-state index contributed by atoms with van der Waals surface area (Å²) < 4.78 is 0. The number of nitrogens with zero attached hydrogens (tertiary/aromatic N) is 3. The quantitative estimate of drug-likeness (QED) is 0.781. The van der Waals surface area contributed by atoms with Crippen molar-refractivity contribution in [2.24, 2.45) is 5.92 Å². The van der Waals surface area contributed by atoms with Crippen molar-refractivity contribution in [3.05, 3.63) is 0 Å². The van der Waals surface area contributed by atoms with Crippen LogP contribution in [0.25, 0.3) is 0 Å². The summed E-state index contributed by atoms with van der Waals surface area (Å²) >= 11 is 0. The zero-order valence-electron chi connectivity index (χ0n) is 12.6. The second kappa shape index (κ2) is 7.26. The third kappa shape index (κ3) is 4.19. The highest BCUT2D eigenvalue weighted by atomic mass is 15.2. The Morgan fingerprint density at radius 1 is 1.16 bits per heavy atom. The molecule has 0 spiro atoms. The molecule has 19 heavy (non-hydrogen) atoms. The summed E-state index contributed by atoms with van der Waals surface area (Å²) in [6.45, 7) is 9.25. The number of nitriles is 1. The van der Waals surface area contributed by atoms with Crippen molar-refractivity contribution in [2.45, 2.75) is 64.5 Å². The van der Waals surface area contributed by atoms with Gasteiger partial charge in [0.25, 0.3) is 0 Å². The minimum Gasteiger partial charge on any atom is -0.301 e. The summed E-state index contributed by atoms with van der Waals surface area (Å²) in [6, 6.07) is 3.26. The summed E-state index contributed by atoms with van der Waals surface area (Å²) in [5.41, 5.74) is 0. The Morgan fingerprint density at radius 2 is 1.89 bits per heavy atom. The standard InChI is InChI=1S/C16H29N3/c1-14-5-3-4-9-18(14)10-6-16-7-11-19(12-8-16)15(2)13-17/h14-16H,3-12H2,1-2H3/t14-,15+/m0/s1. The van der Waals surface area contributed by atoms with Crippen LogP contribution in [0.4, 0.5) is 0 Å². The zero-order valence-corrected chi connectivity index (χ0v) is 12.6. The van der Waals surface area contributed by atoms with Gasteiger partial charge in [0.05, 0.1) is 12.1 Å². The molecular formula is C16H29N3. The fraction of sp³-hybridized carbons (Fsp3) is 0.938. The molecule has 0 radical (unpaired) electrons. The van der Waals surface area contributed by atoms with Gasteiger partial charge < -0.3 is 4.90 Å². The molecule has 2 aliphatic heterocycles. The van der Waals surface area contributed by atoms with Gasteiger partial charge in [0.2, 0.25) is 0 Å². The van der Waals surface area contributed by atoms with Crippen molar-refractivity contribution in [2.75, 3.05) is 26.2 Å². The molecule has 2 fully saturated rings. The Hall–Kier alpha value is -0.590. The van der Waals surface area contributed by atoms with Gasteiger partial charge in [-0.2, -0.15) is 5.26 Å². The smallest absolute Gasteiger partial charge is 0.0949 e. The Labute approximate surface area is 118 Å². The molecule has 108 valence electrons. The Bertz CT molecular complexity index is 302. The number of likely N-dealkylation sites (tertiary alicyclic amines) is 2. The molecule has 0 aliphatic carbocycles. The maximum Gasteiger partial charge on any atom is 0.0949 e. The first-order valence-corrected chi connectivity index (χ1v) is 8.08. The molecule has 2 aliphatic rings. The topological polar surface area (TPSA) is 30.3 Å². The van der Waals surface area contributed by atoms with Crippen molar-refractivity contribution in [1.82, 2.24) is 9.80 Å². The van der Waals surface area contributed by atoms with E-state index >= 15 is 0 Å². The lowest BCUT2D eigenvalue weighted by Gasteiger charge is -2.37. The SMILES string of the molecule is C[C@H](C#N)N1CCC(CCN2CCCC[C@@H]2C)CC1. The first-order valence-electron chi connectivity index (χ1n) is 8.08. The highest BCUT2D eigenvalue weighted by Crippen LogP contribution is 2.24. The summed E-state index contributed by atoms with van der Waals surface area (Å²) in [4.78, 5) is 5.02. The normalized spacial score (nSPS) is 29.0. The van der Waals surface area contributed by atoms with Crippen molar-refractivity contribution in [3.63, 3.8) is 0 Å². The van der Waals surface area contributed by atoms with Crippen molar-refractivity contribution in [1.29, 1.82) is 5.26 Å². The average molecular weight is 263 g/mol. The molecule has 3 nitrogen and oxygen atoms in total. The predicted molar refractivity (Wildman–Crippen MR) is 78.9 cm³/mol. The molecule has 0 aromatic carbocycles. The molecule has 0 N–H and O–H groups in total. The lowest BCUT2D eigenvalue weighted by atomic mass is 9.92. The van der Waals surface area contributed by atoms with Gasteiger partial charge in [0.1, 0.15) is 0 Å². The zero-order chi connectivity index (χ0) is 13.7. The summed E-state index contributed by atoms with van der Waals surface area (Å²) in [7, 11) is 0. The van der Waals surface area contributed by atoms with Gasteiger partial charge in [-0.15, -0.1) is 0 Å². The van der Waals surface area contributed by atoms with E-state index in [1.807, 2.05) is 6.92 Å². The van der Waals surface area contributed by atoms with E-state index in [1.165, 1.54) is 51.6 Å². The minimum absolute atomic E-state index is 0.100. The van der Waals surface area contributed by atoms with Crippen LogP contribution in [0.2, 0.25) is 0 Å². The number of hydrogen-bond acceptors (Lipinski definition) is 3. The molecule has 0 aromatic heterocycles. The van der Waals surface area contributed by atoms with E-state index in [4.69, 9.17) is 5.26 Å². The number of piperidine rings is 2. The monoisotopic (exact) mass is 263 g/mol. The van der Waals surface area contributed by atoms with E-state index in [0.717, 1.165) is 25.0 Å². The molecule has 0 amide bonds. The Kier molecular flexibility index (Phi) is 5.66. The fourth-order valence-electron chi connectivity index (χ4n) is 3.55. The second-order valence-corrected chi connectivity index (χ2v) is 6.45. The van der Waals surface area contributed by atoms with E-state index < -0.39 is 0 Å². The van der Waals surface area contributed by atoms with Crippen LogP contribution in [0.3, 0.4) is 0 Å². The van der Waals surface area contributed by atoms with E-state index in [0.29, 0.717) is 0 Å². The molecule has 2 atom stereocenters. The molecule has 3 heteroatoms. The van der Waals surface area contributed by atoms with E-state index in [-0.39, 0.29) is 6.04 Å². The third-order valence-electron chi connectivity index (χ3n) is 5.15. The average Bonchev–Trinajstić information content (AvgIpc) is 2.46. The van der Waals surface area contributed by atoms with Gasteiger partial charge >= 0.3 is 0 Å². The van der Waals surface area contributed by atoms with Gasteiger partial charge in [-0.25, -0.2) is 0 Å². The Morgan fingerprint density at radius 3 is 2.53 bits per heavy atom. The third-order valence-corrected chi connectivity index (χ3v) is 5.15. The first kappa shape index (κ1) is 14.8. The molecule has 0 bridgehead atoms. The van der Waals surface area contributed by atoms with E-state index in [9.17, 15) is 0 Å². The maximum absolute atomic E-state index is 8.96. The highest BCUT2D eigenvalue weighted by molar-refractivity contribution is 4.90. The number of hydrogen-bond donors (Lipinski definition) is 0. The van der Waals surface area contributed by atoms with Crippen molar-refractivity contribution < 1.29 is 0 Å². The van der Waals surface area contributed by atoms with Crippen LogP contribution in [0.5, 0.6) is 0 Å². The molecule has 0 unspecified atom stereocenters. The molecule has 2 saturated heterocycles. The van der Waals surface area contributed by atoms with Crippen LogP contribution in [0, 0.1) is 17.2 Å². The van der Waals surface area contributed by atoms with Crippen LogP contribution >= 0.6 is 0 Å². The Balaban J connectivity index is 1.67. The van der Waals surface area contributed by atoms with Crippen molar-refractivity contribution >= 4 is 0 Å². The lowest BCUT2D eigenvalue weighted by Crippen LogP contribution is -2.41. The largest absolute Gasteiger partial charge is 0.301 e. The molecule has 2 heterocycles. The molecule has 0 aromatic rings. The highest BCUT2D eigenvalue weighted by Gasteiger charge is 2.24. The molecule has 2 rings (SSSR count). The molecular weight excluding hydrogens is 234 g/mol. The van der Waals surface area contributed by atoms with Crippen LogP contribution in [-0.2, 0) is 0 Å². The summed E-state index contributed by atoms with van der Waals surface area (Å²) in [5, 5.41) is 8.96. The van der Waals surface area contributed by atoms with Crippen LogP contribution in [-0.4, -0.2) is 48.1 Å². The number of rotatable bonds is 4. The van der Waals surface area contributed by atoms with Gasteiger partial charge in [0, 0.05) is 6.04 Å². The lowest BCUT2D eigenvalue weighted by molar-refractivity contribution is 0.123. The molecule has 0 saturated carbocycles. The van der Waals surface area contributed by atoms with Crippen LogP contribution in [0.15, 0.2) is 0 Å². The van der Waals surface area contributed by atoms with Crippen LogP contribution in [0.1, 0.15) is 52.4 Å². The van der Waals surface area contributed by atoms with Crippen LogP contribution < -0.4 is 0 Å². The van der Waals surface area contributed by atoms with Gasteiger partial charge in [-0.1, -0.05) is 6.42 Å². The fourth-order valence-corrected chi connectivity index (χ4v) is 3.55. The second-order valence-electron chi connectivity index (χ2n) is 6.45. The minimum atomic E-state index is 0.100. The first-order chi connectivity index (χ1) is 9.20. The van der Waals surface area contributed by atoms with Gasteiger partial charge in [0.15, 0.2) is 0 Å². The summed E-state index contributed by atoms with van der Waals surface area (Å²) in [6.07, 6.45) is 8.13. The van der Waals surface area contributed by atoms with E-state index in [1.54, 1.807) is 0 Å². The summed E-state index contributed by atoms with van der Waals surface area (Å²) in [5.74, 6) is 0.885. The van der Waals surface area contributed by atoms with Crippen molar-refractivity contribution in [3.8, 4) is 6.07 Å². The van der Waals surface area contributed by atoms with E-state index in [2.05, 4.69) is 22.8 Å². The van der Waals surface area contributed by atoms with Gasteiger partial charge in [-0.05, 0) is 78.0 Å². The van der Waals surface area contributed by atoms with Gasteiger partial charge in [-0.3, -0.25) is 4.90 Å².